The summed E-state index contributed by atoms with van der Waals surface area (Å²) in [6.45, 7) is 7.61. The molecule has 0 aliphatic heterocycles. The molecule has 17 heavy (non-hydrogen) atoms. The molecule has 0 heterocycles. The van der Waals surface area contributed by atoms with E-state index in [1.807, 2.05) is 44.2 Å². The first kappa shape index (κ1) is 13.1. The quantitative estimate of drug-likeness (QED) is 0.434. The molecule has 0 aliphatic rings. The minimum Gasteiger partial charge on any atom is -0.361 e. The molecule has 3 nitrogen and oxygen atoms in total. The number of nitrogens with zero attached hydrogens (tertiary/aromatic N) is 2. The lowest BCUT2D eigenvalue weighted by Crippen LogP contribution is -2.25. The van der Waals surface area contributed by atoms with E-state index in [-0.39, 0.29) is 5.78 Å². The van der Waals surface area contributed by atoms with E-state index >= 15 is 0 Å². The van der Waals surface area contributed by atoms with Crippen molar-refractivity contribution in [2.45, 2.75) is 20.3 Å². The molecular weight excluding hydrogens is 212 g/mol. The van der Waals surface area contributed by atoms with Crippen LogP contribution in [0, 0.1) is 5.41 Å². The molecule has 0 amide bonds. The normalized spacial score (nSPS) is 10.5. The first-order chi connectivity index (χ1) is 7.97. The van der Waals surface area contributed by atoms with Crippen LogP contribution in [0.3, 0.4) is 0 Å². The summed E-state index contributed by atoms with van der Waals surface area (Å²) >= 11 is 0. The van der Waals surface area contributed by atoms with Gasteiger partial charge in [-0.05, 0) is 17.6 Å². The van der Waals surface area contributed by atoms with Crippen molar-refractivity contribution in [3.05, 3.63) is 48.0 Å². The highest BCUT2D eigenvalue weighted by Gasteiger charge is 2.29. The SMILES string of the molecule is C=C(CC(C)(C)C(=O)C=[N+]=[N-])c1ccccc1. The Morgan fingerprint density at radius 3 is 2.53 bits per heavy atom. The number of allylic oxidation sites excluding steroid dienone is 1. The Balaban J connectivity index is 2.81. The minimum atomic E-state index is -0.612. The molecule has 0 saturated heterocycles. The molecule has 0 fully saturated rings. The topological polar surface area (TPSA) is 53.5 Å². The van der Waals surface area contributed by atoms with Gasteiger partial charge >= 0.3 is 6.21 Å². The summed E-state index contributed by atoms with van der Waals surface area (Å²) in [6, 6.07) is 9.73. The number of carbonyl (C=O) groups is 1. The predicted octanol–water partition coefficient (Wildman–Crippen LogP) is 2.99. The zero-order valence-corrected chi connectivity index (χ0v) is 10.2. The second-order valence-electron chi connectivity index (χ2n) is 4.64. The lowest BCUT2D eigenvalue weighted by molar-refractivity contribution is -0.123. The highest BCUT2D eigenvalue weighted by atomic mass is 16.1. The van der Waals surface area contributed by atoms with Crippen molar-refractivity contribution in [2.24, 2.45) is 5.41 Å². The summed E-state index contributed by atoms with van der Waals surface area (Å²) in [5.74, 6) is -0.211. The van der Waals surface area contributed by atoms with Crippen LogP contribution in [0.4, 0.5) is 0 Å². The Kier molecular flexibility index (Phi) is 4.13. The zero-order valence-electron chi connectivity index (χ0n) is 10.2. The van der Waals surface area contributed by atoms with Crippen LogP contribution in [0.25, 0.3) is 11.1 Å². The number of benzene rings is 1. The van der Waals surface area contributed by atoms with Gasteiger partial charge in [-0.1, -0.05) is 50.8 Å². The number of Topliss-reactive ketones (excluding diaryl/α,β-unsaturated/α-hetero) is 1. The third kappa shape index (κ3) is 3.51. The molecule has 0 atom stereocenters. The van der Waals surface area contributed by atoms with Crippen molar-refractivity contribution >= 4 is 17.6 Å². The van der Waals surface area contributed by atoms with Gasteiger partial charge in [-0.3, -0.25) is 4.79 Å². The van der Waals surface area contributed by atoms with Gasteiger partial charge in [0, 0.05) is 5.41 Å². The third-order valence-corrected chi connectivity index (χ3v) is 2.68. The van der Waals surface area contributed by atoms with Crippen LogP contribution in [-0.2, 0) is 4.79 Å². The minimum absolute atomic E-state index is 0.211. The van der Waals surface area contributed by atoms with E-state index < -0.39 is 5.41 Å². The van der Waals surface area contributed by atoms with Gasteiger partial charge in [-0.15, -0.1) is 0 Å². The van der Waals surface area contributed by atoms with Crippen molar-refractivity contribution in [3.8, 4) is 0 Å². The molecule has 0 aliphatic carbocycles. The number of ketones is 1. The van der Waals surface area contributed by atoms with E-state index in [9.17, 15) is 4.79 Å². The van der Waals surface area contributed by atoms with E-state index in [0.717, 1.165) is 17.4 Å². The van der Waals surface area contributed by atoms with Gasteiger partial charge in [0.25, 0.3) is 0 Å². The molecule has 0 spiro atoms. The molecule has 1 rings (SSSR count). The molecule has 1 aromatic carbocycles. The number of hydrogen-bond donors (Lipinski definition) is 0. The van der Waals surface area contributed by atoms with Crippen molar-refractivity contribution < 1.29 is 9.58 Å². The summed E-state index contributed by atoms with van der Waals surface area (Å²) in [5, 5.41) is 0. The first-order valence-electron chi connectivity index (χ1n) is 5.42. The average Bonchev–Trinajstić information content (AvgIpc) is 2.30. The number of hydrogen-bond acceptors (Lipinski definition) is 1. The lowest BCUT2D eigenvalue weighted by atomic mass is 9.80. The smallest absolute Gasteiger partial charge is 0.323 e. The molecule has 88 valence electrons. The van der Waals surface area contributed by atoms with Crippen LogP contribution in [0.2, 0.25) is 0 Å². The summed E-state index contributed by atoms with van der Waals surface area (Å²) in [6.07, 6.45) is 1.47. The van der Waals surface area contributed by atoms with Gasteiger partial charge in [0.05, 0.1) is 0 Å². The fourth-order valence-electron chi connectivity index (χ4n) is 1.62. The maximum Gasteiger partial charge on any atom is 0.323 e. The van der Waals surface area contributed by atoms with Gasteiger partial charge in [0.2, 0.25) is 5.78 Å². The predicted molar refractivity (Wildman–Crippen MR) is 68.6 cm³/mol. The Bertz CT molecular complexity index is 468. The van der Waals surface area contributed by atoms with Crippen molar-refractivity contribution in [1.82, 2.24) is 0 Å². The number of rotatable bonds is 5. The van der Waals surface area contributed by atoms with Crippen molar-refractivity contribution in [3.63, 3.8) is 0 Å². The van der Waals surface area contributed by atoms with E-state index in [0.29, 0.717) is 6.42 Å². The maximum atomic E-state index is 11.7. The van der Waals surface area contributed by atoms with Crippen LogP contribution in [0.5, 0.6) is 0 Å². The third-order valence-electron chi connectivity index (χ3n) is 2.68. The van der Waals surface area contributed by atoms with Gasteiger partial charge in [-0.25, -0.2) is 0 Å². The highest BCUT2D eigenvalue weighted by Crippen LogP contribution is 2.29. The fourth-order valence-corrected chi connectivity index (χ4v) is 1.62. The average molecular weight is 228 g/mol. The molecule has 0 radical (unpaired) electrons. The van der Waals surface area contributed by atoms with E-state index in [2.05, 4.69) is 11.4 Å². The van der Waals surface area contributed by atoms with E-state index in [4.69, 9.17) is 5.53 Å². The Hall–Kier alpha value is -1.99. The summed E-state index contributed by atoms with van der Waals surface area (Å²) < 4.78 is 0. The maximum absolute atomic E-state index is 11.7. The molecule has 0 saturated carbocycles. The van der Waals surface area contributed by atoms with Gasteiger partial charge in [0.15, 0.2) is 0 Å². The number of carbonyl (C=O) groups excluding carboxylic acids is 1. The van der Waals surface area contributed by atoms with Crippen molar-refractivity contribution in [1.29, 1.82) is 0 Å². The van der Waals surface area contributed by atoms with Crippen LogP contribution in [-0.4, -0.2) is 16.8 Å². The van der Waals surface area contributed by atoms with Crippen LogP contribution >= 0.6 is 0 Å². The van der Waals surface area contributed by atoms with Crippen LogP contribution < -0.4 is 0 Å². The first-order valence-corrected chi connectivity index (χ1v) is 5.42. The Labute approximate surface area is 101 Å². The summed E-state index contributed by atoms with van der Waals surface area (Å²) in [7, 11) is 0. The summed E-state index contributed by atoms with van der Waals surface area (Å²) in [5.41, 5.74) is 9.69. The van der Waals surface area contributed by atoms with Crippen LogP contribution in [0.1, 0.15) is 25.8 Å². The standard InChI is InChI=1S/C14H16N2O/c1-11(12-7-5-4-6-8-12)9-14(2,3)13(17)10-16-15/h4-8,10H,1,9H2,2-3H3. The summed E-state index contributed by atoms with van der Waals surface area (Å²) in [4.78, 5) is 14.5. The van der Waals surface area contributed by atoms with E-state index in [1.54, 1.807) is 0 Å². The fraction of sp³-hybridized carbons (Fsp3) is 0.286. The monoisotopic (exact) mass is 228 g/mol. The lowest BCUT2D eigenvalue weighted by Gasteiger charge is -2.20. The molecule has 0 unspecified atom stereocenters. The Morgan fingerprint density at radius 1 is 1.41 bits per heavy atom. The second kappa shape index (κ2) is 5.37. The van der Waals surface area contributed by atoms with Gasteiger partial charge in [0.1, 0.15) is 0 Å². The molecule has 0 N–H and O–H groups in total. The zero-order chi connectivity index (χ0) is 12.9. The second-order valence-corrected chi connectivity index (χ2v) is 4.64. The molecular formula is C14H16N2O. The molecule has 0 aromatic heterocycles. The largest absolute Gasteiger partial charge is 0.361 e. The Morgan fingerprint density at radius 2 is 2.00 bits per heavy atom. The van der Waals surface area contributed by atoms with Gasteiger partial charge in [-0.2, -0.15) is 4.79 Å². The van der Waals surface area contributed by atoms with E-state index in [1.165, 1.54) is 0 Å². The highest BCUT2D eigenvalue weighted by molar-refractivity contribution is 6.27. The van der Waals surface area contributed by atoms with Crippen LogP contribution in [0.15, 0.2) is 36.9 Å². The van der Waals surface area contributed by atoms with Crippen molar-refractivity contribution in [2.75, 3.05) is 0 Å². The molecule has 3 heteroatoms. The van der Waals surface area contributed by atoms with Gasteiger partial charge < -0.3 is 5.53 Å². The molecule has 0 bridgehead atoms. The molecule has 1 aromatic rings.